The summed E-state index contributed by atoms with van der Waals surface area (Å²) in [6.45, 7) is 5.83. The van der Waals surface area contributed by atoms with Crippen molar-refractivity contribution in [1.29, 1.82) is 0 Å². The van der Waals surface area contributed by atoms with Crippen molar-refractivity contribution in [2.24, 2.45) is 0 Å². The minimum atomic E-state index is -1.92. The first-order chi connectivity index (χ1) is 37.6. The Kier molecular flexibility index (Phi) is 48.8. The summed E-state index contributed by atoms with van der Waals surface area (Å²) in [7, 11) is 0. The van der Waals surface area contributed by atoms with Crippen LogP contribution in [0.3, 0.4) is 0 Å². The first kappa shape index (κ1) is 71.2. The third-order valence-corrected chi connectivity index (χ3v) is 13.7. The van der Waals surface area contributed by atoms with Gasteiger partial charge in [0.15, 0.2) is 24.6 Å². The van der Waals surface area contributed by atoms with E-state index in [9.17, 15) is 34.5 Å². The molecule has 12 heteroatoms. The molecule has 0 radical (unpaired) electrons. The van der Waals surface area contributed by atoms with Gasteiger partial charge in [0.05, 0.1) is 6.61 Å². The highest BCUT2D eigenvalue weighted by atomic mass is 16.7. The van der Waals surface area contributed by atoms with Gasteiger partial charge in [0, 0.05) is 19.3 Å². The van der Waals surface area contributed by atoms with E-state index in [1.807, 2.05) is 0 Å². The molecule has 442 valence electrons. The van der Waals surface area contributed by atoms with Crippen LogP contribution >= 0.6 is 0 Å². The molecule has 1 rings (SSSR count). The molecule has 1 aliphatic rings. The number of esters is 3. The summed E-state index contributed by atoms with van der Waals surface area (Å²) >= 11 is 0. The summed E-state index contributed by atoms with van der Waals surface area (Å²) < 4.78 is 28.4. The first-order valence-electron chi connectivity index (χ1n) is 30.9. The molecule has 77 heavy (non-hydrogen) atoms. The van der Waals surface area contributed by atoms with E-state index in [0.717, 1.165) is 103 Å². The quantitative estimate of drug-likeness (QED) is 0.0228. The molecule has 0 spiro atoms. The highest BCUT2D eigenvalue weighted by Crippen LogP contribution is 2.26. The zero-order valence-electron chi connectivity index (χ0n) is 48.7. The molecule has 0 aromatic heterocycles. The van der Waals surface area contributed by atoms with Crippen molar-refractivity contribution in [1.82, 2.24) is 0 Å². The zero-order valence-corrected chi connectivity index (χ0v) is 48.7. The van der Waals surface area contributed by atoms with Crippen molar-refractivity contribution in [2.45, 2.75) is 302 Å². The second-order valence-electron chi connectivity index (χ2n) is 20.9. The number of allylic oxidation sites excluding steroid dienone is 12. The molecule has 0 aromatic rings. The lowest BCUT2D eigenvalue weighted by molar-refractivity contribution is -0.301. The van der Waals surface area contributed by atoms with Gasteiger partial charge in [-0.1, -0.05) is 209 Å². The van der Waals surface area contributed by atoms with E-state index in [1.165, 1.54) is 103 Å². The largest absolute Gasteiger partial charge is 0.479 e. The molecular weight excluding hydrogens is 973 g/mol. The van der Waals surface area contributed by atoms with Crippen LogP contribution in [0.1, 0.15) is 265 Å². The van der Waals surface area contributed by atoms with Crippen LogP contribution in [0.2, 0.25) is 0 Å². The highest BCUT2D eigenvalue weighted by molar-refractivity contribution is 5.74. The smallest absolute Gasteiger partial charge is 0.335 e. The van der Waals surface area contributed by atoms with Crippen LogP contribution in [0.5, 0.6) is 0 Å². The number of unbranched alkanes of at least 4 members (excludes halogenated alkanes) is 26. The number of aliphatic hydroxyl groups is 2. The molecule has 0 amide bonds. The number of aliphatic hydroxyl groups excluding tert-OH is 2. The predicted octanol–water partition coefficient (Wildman–Crippen LogP) is 16.1. The van der Waals surface area contributed by atoms with E-state index in [-0.39, 0.29) is 25.9 Å². The highest BCUT2D eigenvalue weighted by Gasteiger charge is 2.50. The molecule has 1 heterocycles. The normalized spacial score (nSPS) is 18.5. The van der Waals surface area contributed by atoms with Gasteiger partial charge >= 0.3 is 23.9 Å². The summed E-state index contributed by atoms with van der Waals surface area (Å²) in [6, 6.07) is 0. The molecule has 6 unspecified atom stereocenters. The fraction of sp³-hybridized carbons (Fsp3) is 0.754. The molecule has 0 saturated carbocycles. The molecule has 0 aromatic carbocycles. The predicted molar refractivity (Wildman–Crippen MR) is 312 cm³/mol. The van der Waals surface area contributed by atoms with E-state index in [1.54, 1.807) is 0 Å². The van der Waals surface area contributed by atoms with Crippen molar-refractivity contribution in [3.63, 3.8) is 0 Å². The van der Waals surface area contributed by atoms with Crippen molar-refractivity contribution < 1.29 is 58.2 Å². The fourth-order valence-electron chi connectivity index (χ4n) is 9.00. The Balaban J connectivity index is 2.68. The van der Waals surface area contributed by atoms with Crippen LogP contribution in [0.25, 0.3) is 0 Å². The number of hydrogen-bond acceptors (Lipinski definition) is 11. The standard InChI is InChI=1S/C65H110O12/c1-4-7-10-13-16-19-22-25-27-28-29-30-32-34-36-39-42-45-48-51-57(66)73-54-56(75-58(67)52-49-46-43-40-38-35-31-26-23-20-17-14-11-8-5-2)55-74-65-63(61(70)60(69)62(77-65)64(71)72)76-59(68)53-50-47-44-41-37-33-24-21-18-15-12-9-6-3/h9,12,17-18,20-21,25-27,31,33,37,56,60-63,65,69-70H,4-8,10-11,13-16,19,22-24,28-30,32,34-36,38-55H2,1-3H3,(H,71,72)/b12-9-,20-17-,21-18-,27-25-,31-26-,37-33-. The number of carboxylic acids is 1. The molecule has 3 N–H and O–H groups in total. The van der Waals surface area contributed by atoms with E-state index in [4.69, 9.17) is 23.7 Å². The molecule has 0 bridgehead atoms. The third-order valence-electron chi connectivity index (χ3n) is 13.7. The van der Waals surface area contributed by atoms with Crippen LogP contribution < -0.4 is 0 Å². The maximum absolute atomic E-state index is 13.2. The molecule has 0 aliphatic carbocycles. The second-order valence-corrected chi connectivity index (χ2v) is 20.9. The van der Waals surface area contributed by atoms with E-state index in [2.05, 4.69) is 93.7 Å². The van der Waals surface area contributed by atoms with Crippen LogP contribution in [-0.2, 0) is 42.9 Å². The van der Waals surface area contributed by atoms with Crippen LogP contribution in [0.4, 0.5) is 0 Å². The second kappa shape index (κ2) is 52.8. The Morgan fingerprint density at radius 3 is 1.30 bits per heavy atom. The monoisotopic (exact) mass is 1080 g/mol. The topological polar surface area (TPSA) is 175 Å². The van der Waals surface area contributed by atoms with Gasteiger partial charge in [-0.15, -0.1) is 0 Å². The van der Waals surface area contributed by atoms with Gasteiger partial charge in [0.1, 0.15) is 18.8 Å². The lowest BCUT2D eigenvalue weighted by atomic mass is 9.98. The summed E-state index contributed by atoms with van der Waals surface area (Å²) in [5, 5.41) is 31.5. The van der Waals surface area contributed by atoms with E-state index in [0.29, 0.717) is 19.3 Å². The zero-order chi connectivity index (χ0) is 56.1. The minimum Gasteiger partial charge on any atom is -0.479 e. The van der Waals surface area contributed by atoms with E-state index >= 15 is 0 Å². The number of carboxylic acid groups (broad SMARTS) is 1. The van der Waals surface area contributed by atoms with Gasteiger partial charge in [0.25, 0.3) is 0 Å². The number of aliphatic carboxylic acids is 1. The summed E-state index contributed by atoms with van der Waals surface area (Å²) in [5.41, 5.74) is 0. The Morgan fingerprint density at radius 2 is 0.818 bits per heavy atom. The average Bonchev–Trinajstić information content (AvgIpc) is 3.42. The van der Waals surface area contributed by atoms with E-state index < -0.39 is 67.3 Å². The van der Waals surface area contributed by atoms with Gasteiger partial charge in [-0.2, -0.15) is 0 Å². The first-order valence-corrected chi connectivity index (χ1v) is 30.9. The number of carbonyl (C=O) groups excluding carboxylic acids is 3. The van der Waals surface area contributed by atoms with Crippen LogP contribution in [-0.4, -0.2) is 89.2 Å². The molecule has 1 aliphatic heterocycles. The number of ether oxygens (including phenoxy) is 5. The van der Waals surface area contributed by atoms with Gasteiger partial charge in [-0.05, 0) is 109 Å². The van der Waals surface area contributed by atoms with Gasteiger partial charge < -0.3 is 39.0 Å². The van der Waals surface area contributed by atoms with Crippen LogP contribution in [0, 0.1) is 0 Å². The average molecular weight is 1080 g/mol. The van der Waals surface area contributed by atoms with Crippen molar-refractivity contribution >= 4 is 23.9 Å². The molecule has 6 atom stereocenters. The summed E-state index contributed by atoms with van der Waals surface area (Å²) in [4.78, 5) is 51.2. The lowest BCUT2D eigenvalue weighted by Gasteiger charge is -2.40. The summed E-state index contributed by atoms with van der Waals surface area (Å²) in [6.07, 6.45) is 54.4. The van der Waals surface area contributed by atoms with Crippen molar-refractivity contribution in [2.75, 3.05) is 13.2 Å². The molecular formula is C65H110O12. The fourth-order valence-corrected chi connectivity index (χ4v) is 9.00. The maximum Gasteiger partial charge on any atom is 0.335 e. The Morgan fingerprint density at radius 1 is 0.442 bits per heavy atom. The Bertz CT molecular complexity index is 1620. The van der Waals surface area contributed by atoms with Crippen molar-refractivity contribution in [3.05, 3.63) is 72.9 Å². The third kappa shape index (κ3) is 42.7. The summed E-state index contributed by atoms with van der Waals surface area (Å²) in [5.74, 6) is -3.17. The molecule has 1 saturated heterocycles. The lowest BCUT2D eigenvalue weighted by Crippen LogP contribution is -2.61. The van der Waals surface area contributed by atoms with Gasteiger partial charge in [-0.3, -0.25) is 14.4 Å². The van der Waals surface area contributed by atoms with Gasteiger partial charge in [-0.25, -0.2) is 4.79 Å². The Hall–Kier alpha value is -3.84. The molecule has 12 nitrogen and oxygen atoms in total. The SMILES string of the molecule is CC/C=C\C/C=C\C/C=C\CCCCCC(=O)OC1C(OCC(COC(=O)CCCCCCCCCCC/C=C\CCCCCCCC)OC(=O)CCCCCCC/C=C\C/C=C\CCCCC)OC(C(=O)O)C(O)C1O. The minimum absolute atomic E-state index is 0.0220. The number of carbonyl (C=O) groups is 4. The molecule has 1 fully saturated rings. The maximum atomic E-state index is 13.2. The number of rotatable bonds is 52. The van der Waals surface area contributed by atoms with Crippen molar-refractivity contribution in [3.8, 4) is 0 Å². The van der Waals surface area contributed by atoms with Crippen LogP contribution in [0.15, 0.2) is 72.9 Å². The number of hydrogen-bond donors (Lipinski definition) is 3. The van der Waals surface area contributed by atoms with Gasteiger partial charge in [0.2, 0.25) is 0 Å². The Labute approximate surface area is 468 Å².